The van der Waals surface area contributed by atoms with Crippen LogP contribution in [0.3, 0.4) is 0 Å². The summed E-state index contributed by atoms with van der Waals surface area (Å²) in [4.78, 5) is 9.02. The molecule has 2 heterocycles. The topological polar surface area (TPSA) is 57.4 Å². The Morgan fingerprint density at radius 2 is 2.10 bits per heavy atom. The number of halogens is 1. The van der Waals surface area contributed by atoms with Crippen LogP contribution >= 0.6 is 12.4 Å². The van der Waals surface area contributed by atoms with Crippen LogP contribution < -0.4 is 5.32 Å². The van der Waals surface area contributed by atoms with Crippen molar-refractivity contribution in [1.29, 1.82) is 0 Å². The summed E-state index contributed by atoms with van der Waals surface area (Å²) in [5, 5.41) is 7.56. The maximum absolute atomic E-state index is 5.49. The Bertz CT molecular complexity index is 401. The molecule has 7 heteroatoms. The van der Waals surface area contributed by atoms with Crippen LogP contribution in [0.2, 0.25) is 0 Å². The lowest BCUT2D eigenvalue weighted by molar-refractivity contribution is 0.178. The van der Waals surface area contributed by atoms with E-state index >= 15 is 0 Å². The van der Waals surface area contributed by atoms with Crippen LogP contribution in [0.1, 0.15) is 37.6 Å². The maximum atomic E-state index is 5.49. The lowest BCUT2D eigenvalue weighted by Crippen LogP contribution is -2.44. The summed E-state index contributed by atoms with van der Waals surface area (Å²) in [5.74, 6) is 1.94. The summed E-state index contributed by atoms with van der Waals surface area (Å²) >= 11 is 0. The average Bonchev–Trinajstić information content (AvgIpc) is 2.77. The van der Waals surface area contributed by atoms with Crippen LogP contribution in [0.15, 0.2) is 4.52 Å². The summed E-state index contributed by atoms with van der Waals surface area (Å²) < 4.78 is 5.49. The first kappa shape index (κ1) is 17.4. The lowest BCUT2D eigenvalue weighted by atomic mass is 10.0. The number of hydrogen-bond donors (Lipinski definition) is 1. The van der Waals surface area contributed by atoms with E-state index in [0.717, 1.165) is 25.5 Å². The van der Waals surface area contributed by atoms with Crippen molar-refractivity contribution in [2.45, 2.75) is 25.9 Å². The first-order valence-electron chi connectivity index (χ1n) is 6.91. The van der Waals surface area contributed by atoms with E-state index in [2.05, 4.69) is 46.2 Å². The van der Waals surface area contributed by atoms with Crippen molar-refractivity contribution in [2.75, 3.05) is 40.8 Å². The van der Waals surface area contributed by atoms with Crippen LogP contribution in [0, 0.1) is 5.92 Å². The largest absolute Gasteiger partial charge is 0.338 e. The van der Waals surface area contributed by atoms with E-state index in [1.165, 1.54) is 0 Å². The van der Waals surface area contributed by atoms with Gasteiger partial charge in [0.15, 0.2) is 5.82 Å². The van der Waals surface area contributed by atoms with Crippen LogP contribution in [-0.4, -0.2) is 60.7 Å². The molecule has 6 nitrogen and oxygen atoms in total. The third-order valence-corrected chi connectivity index (χ3v) is 3.71. The molecule has 0 aromatic carbocycles. The predicted molar refractivity (Wildman–Crippen MR) is 81.1 cm³/mol. The molecule has 0 aliphatic carbocycles. The van der Waals surface area contributed by atoms with E-state index < -0.39 is 0 Å². The zero-order valence-electron chi connectivity index (χ0n) is 13.0. The molecule has 1 aliphatic rings. The first-order valence-corrected chi connectivity index (χ1v) is 6.91. The molecule has 0 saturated carbocycles. The fraction of sp³-hybridized carbons (Fsp3) is 0.846. The molecule has 2 atom stereocenters. The van der Waals surface area contributed by atoms with Gasteiger partial charge >= 0.3 is 0 Å². The number of piperazine rings is 1. The summed E-state index contributed by atoms with van der Waals surface area (Å²) in [5.41, 5.74) is 0. The molecule has 0 radical (unpaired) electrons. The van der Waals surface area contributed by atoms with Crippen LogP contribution in [-0.2, 0) is 0 Å². The first-order chi connectivity index (χ1) is 9.00. The van der Waals surface area contributed by atoms with Gasteiger partial charge in [0.05, 0.1) is 12.1 Å². The van der Waals surface area contributed by atoms with Crippen molar-refractivity contribution in [1.82, 2.24) is 25.3 Å². The third-order valence-electron chi connectivity index (χ3n) is 3.71. The molecule has 1 aromatic heterocycles. The molecule has 1 aliphatic heterocycles. The summed E-state index contributed by atoms with van der Waals surface area (Å²) in [6.07, 6.45) is 0. The van der Waals surface area contributed by atoms with Gasteiger partial charge in [0.2, 0.25) is 5.89 Å². The number of likely N-dealkylation sites (N-methyl/N-ethyl adjacent to an activating group) is 1. The summed E-state index contributed by atoms with van der Waals surface area (Å²) in [7, 11) is 6.19. The van der Waals surface area contributed by atoms with Crippen molar-refractivity contribution < 1.29 is 4.52 Å². The molecule has 1 N–H and O–H groups in total. The SMILES string of the molecule is CC(C)[C@@H](c1nc(C2CNCCN2C)no1)N(C)C.Cl. The number of nitrogens with zero attached hydrogens (tertiary/aromatic N) is 4. The van der Waals surface area contributed by atoms with E-state index in [4.69, 9.17) is 4.52 Å². The minimum atomic E-state index is 0. The molecule has 20 heavy (non-hydrogen) atoms. The number of nitrogens with one attached hydrogen (secondary N) is 1. The van der Waals surface area contributed by atoms with E-state index in [-0.39, 0.29) is 24.5 Å². The third kappa shape index (κ3) is 3.69. The fourth-order valence-corrected chi connectivity index (χ4v) is 2.70. The second kappa shape index (κ2) is 7.36. The second-order valence-corrected chi connectivity index (χ2v) is 5.84. The van der Waals surface area contributed by atoms with Crippen molar-refractivity contribution in [3.05, 3.63) is 11.7 Å². The molecular weight excluding hydrogens is 278 g/mol. The Kier molecular flexibility index (Phi) is 6.39. The van der Waals surface area contributed by atoms with Crippen molar-refractivity contribution in [3.63, 3.8) is 0 Å². The highest BCUT2D eigenvalue weighted by molar-refractivity contribution is 5.85. The monoisotopic (exact) mass is 303 g/mol. The van der Waals surface area contributed by atoms with Gasteiger partial charge in [-0.2, -0.15) is 4.98 Å². The molecule has 0 spiro atoms. The molecule has 1 unspecified atom stereocenters. The van der Waals surface area contributed by atoms with Gasteiger partial charge < -0.3 is 9.84 Å². The Morgan fingerprint density at radius 1 is 1.40 bits per heavy atom. The number of aromatic nitrogens is 2. The second-order valence-electron chi connectivity index (χ2n) is 5.84. The molecule has 1 aromatic rings. The van der Waals surface area contributed by atoms with Gasteiger partial charge in [-0.15, -0.1) is 12.4 Å². The normalized spacial score (nSPS) is 22.1. The Hall–Kier alpha value is -0.690. The van der Waals surface area contributed by atoms with Crippen molar-refractivity contribution in [2.24, 2.45) is 5.92 Å². The molecule has 0 amide bonds. The number of rotatable bonds is 4. The van der Waals surface area contributed by atoms with Crippen molar-refractivity contribution in [3.8, 4) is 0 Å². The molecule has 116 valence electrons. The Labute approximate surface area is 127 Å². The standard InChI is InChI=1S/C13H25N5O.ClH/c1-9(2)11(17(3)4)13-15-12(16-19-13)10-8-14-6-7-18(10)5;/h9-11,14H,6-8H2,1-5H3;1H/t10?,11-;/m0./s1. The van der Waals surface area contributed by atoms with Crippen LogP contribution in [0.4, 0.5) is 0 Å². The van der Waals surface area contributed by atoms with E-state index in [9.17, 15) is 0 Å². The quantitative estimate of drug-likeness (QED) is 0.905. The van der Waals surface area contributed by atoms with Gasteiger partial charge in [0.1, 0.15) is 0 Å². The van der Waals surface area contributed by atoms with Crippen LogP contribution in [0.5, 0.6) is 0 Å². The summed E-state index contributed by atoms with van der Waals surface area (Å²) in [6.45, 7) is 7.25. The van der Waals surface area contributed by atoms with Gasteiger partial charge in [-0.25, -0.2) is 0 Å². The van der Waals surface area contributed by atoms with E-state index in [0.29, 0.717) is 11.8 Å². The zero-order valence-corrected chi connectivity index (χ0v) is 13.8. The maximum Gasteiger partial charge on any atom is 0.244 e. The fourth-order valence-electron chi connectivity index (χ4n) is 2.70. The zero-order chi connectivity index (χ0) is 14.0. The lowest BCUT2D eigenvalue weighted by Gasteiger charge is -2.30. The highest BCUT2D eigenvalue weighted by Gasteiger charge is 2.29. The van der Waals surface area contributed by atoms with Gasteiger partial charge in [-0.3, -0.25) is 9.80 Å². The van der Waals surface area contributed by atoms with Crippen LogP contribution in [0.25, 0.3) is 0 Å². The Balaban J connectivity index is 0.00000200. The van der Waals surface area contributed by atoms with Gasteiger partial charge in [0, 0.05) is 19.6 Å². The van der Waals surface area contributed by atoms with Crippen molar-refractivity contribution >= 4 is 12.4 Å². The average molecular weight is 304 g/mol. The van der Waals surface area contributed by atoms with E-state index in [1.807, 2.05) is 14.1 Å². The minimum Gasteiger partial charge on any atom is -0.338 e. The summed E-state index contributed by atoms with van der Waals surface area (Å²) in [6, 6.07) is 0.379. The number of hydrogen-bond acceptors (Lipinski definition) is 6. The highest BCUT2D eigenvalue weighted by atomic mass is 35.5. The minimum absolute atomic E-state index is 0. The van der Waals surface area contributed by atoms with Gasteiger partial charge in [-0.1, -0.05) is 19.0 Å². The van der Waals surface area contributed by atoms with Gasteiger partial charge in [0.25, 0.3) is 0 Å². The van der Waals surface area contributed by atoms with E-state index in [1.54, 1.807) is 0 Å². The smallest absolute Gasteiger partial charge is 0.244 e. The molecule has 0 bridgehead atoms. The molecule has 2 rings (SSSR count). The van der Waals surface area contributed by atoms with Gasteiger partial charge in [-0.05, 0) is 27.1 Å². The highest BCUT2D eigenvalue weighted by Crippen LogP contribution is 2.27. The Morgan fingerprint density at radius 3 is 2.65 bits per heavy atom. The molecular formula is C13H26ClN5O. The molecule has 1 fully saturated rings. The molecule has 1 saturated heterocycles. The predicted octanol–water partition coefficient (Wildman–Crippen LogP) is 1.33.